The predicted molar refractivity (Wildman–Crippen MR) is 73.1 cm³/mol. The number of carbonyl (C=O) groups excluding carboxylic acids is 1. The third-order valence-electron chi connectivity index (χ3n) is 2.42. The Balaban J connectivity index is 2.46. The van der Waals surface area contributed by atoms with E-state index in [1.165, 1.54) is 18.2 Å². The van der Waals surface area contributed by atoms with Crippen molar-refractivity contribution in [1.29, 1.82) is 0 Å². The topological polar surface area (TPSA) is 72.2 Å². The zero-order chi connectivity index (χ0) is 13.4. The number of alkyl halides is 1. The van der Waals surface area contributed by atoms with E-state index in [0.29, 0.717) is 12.1 Å². The first-order valence-electron chi connectivity index (χ1n) is 5.74. The third kappa shape index (κ3) is 4.83. The van der Waals surface area contributed by atoms with E-state index in [1.54, 1.807) is 6.07 Å². The first-order valence-corrected chi connectivity index (χ1v) is 6.86. The third-order valence-corrected chi connectivity index (χ3v) is 2.98. The van der Waals surface area contributed by atoms with Gasteiger partial charge in [0.15, 0.2) is 0 Å². The molecule has 18 heavy (non-hydrogen) atoms. The van der Waals surface area contributed by atoms with Gasteiger partial charge < -0.3 is 5.32 Å². The van der Waals surface area contributed by atoms with E-state index in [9.17, 15) is 14.9 Å². The predicted octanol–water partition coefficient (Wildman–Crippen LogP) is 2.89. The van der Waals surface area contributed by atoms with Crippen LogP contribution in [-0.4, -0.2) is 22.7 Å². The zero-order valence-electron chi connectivity index (χ0n) is 9.89. The highest BCUT2D eigenvalue weighted by molar-refractivity contribution is 9.09. The van der Waals surface area contributed by atoms with E-state index in [4.69, 9.17) is 0 Å². The summed E-state index contributed by atoms with van der Waals surface area (Å²) in [6, 6.07) is 5.74. The van der Waals surface area contributed by atoms with E-state index < -0.39 is 4.92 Å². The number of benzene rings is 1. The highest BCUT2D eigenvalue weighted by Crippen LogP contribution is 2.12. The zero-order valence-corrected chi connectivity index (χ0v) is 11.5. The number of carbonyl (C=O) groups is 1. The molecule has 0 unspecified atom stereocenters. The molecule has 1 aromatic carbocycles. The van der Waals surface area contributed by atoms with Crippen LogP contribution in [0.5, 0.6) is 0 Å². The summed E-state index contributed by atoms with van der Waals surface area (Å²) in [4.78, 5) is 21.8. The van der Waals surface area contributed by atoms with Crippen molar-refractivity contribution >= 4 is 27.5 Å². The molecular weight excluding hydrogens is 300 g/mol. The minimum Gasteiger partial charge on any atom is -0.352 e. The lowest BCUT2D eigenvalue weighted by Crippen LogP contribution is -2.24. The lowest BCUT2D eigenvalue weighted by Gasteiger charge is -2.04. The van der Waals surface area contributed by atoms with Crippen LogP contribution in [0, 0.1) is 10.1 Å². The molecule has 1 rings (SSSR count). The van der Waals surface area contributed by atoms with Gasteiger partial charge in [-0.05, 0) is 18.9 Å². The number of hydrogen-bond donors (Lipinski definition) is 1. The van der Waals surface area contributed by atoms with Crippen molar-refractivity contribution in [2.45, 2.75) is 19.3 Å². The molecule has 98 valence electrons. The SMILES string of the molecule is O=C(NCCCCCBr)c1cccc([N+](=O)[O-])c1. The standard InChI is InChI=1S/C12H15BrN2O3/c13-7-2-1-3-8-14-12(16)10-5-4-6-11(9-10)15(17)18/h4-6,9H,1-3,7-8H2,(H,14,16). The highest BCUT2D eigenvalue weighted by atomic mass is 79.9. The van der Waals surface area contributed by atoms with Crippen LogP contribution in [0.1, 0.15) is 29.6 Å². The van der Waals surface area contributed by atoms with Crippen molar-refractivity contribution in [3.8, 4) is 0 Å². The van der Waals surface area contributed by atoms with Crippen molar-refractivity contribution in [2.75, 3.05) is 11.9 Å². The van der Waals surface area contributed by atoms with E-state index in [2.05, 4.69) is 21.2 Å². The number of nitrogens with one attached hydrogen (secondary N) is 1. The minimum absolute atomic E-state index is 0.0676. The van der Waals surface area contributed by atoms with Crippen molar-refractivity contribution in [3.63, 3.8) is 0 Å². The molecule has 0 aromatic heterocycles. The van der Waals surface area contributed by atoms with Gasteiger partial charge in [-0.15, -0.1) is 0 Å². The fourth-order valence-corrected chi connectivity index (χ4v) is 1.86. The summed E-state index contributed by atoms with van der Waals surface area (Å²) in [5, 5.41) is 14.3. The Bertz CT molecular complexity index is 424. The quantitative estimate of drug-likeness (QED) is 0.364. The molecule has 0 saturated heterocycles. The maximum absolute atomic E-state index is 11.7. The van der Waals surface area contributed by atoms with Gasteiger partial charge in [0, 0.05) is 29.6 Å². The van der Waals surface area contributed by atoms with Crippen LogP contribution in [0.4, 0.5) is 5.69 Å². The fraction of sp³-hybridized carbons (Fsp3) is 0.417. The number of amides is 1. The number of unbranched alkanes of at least 4 members (excludes halogenated alkanes) is 2. The number of rotatable bonds is 7. The number of nitro benzene ring substituents is 1. The van der Waals surface area contributed by atoms with Gasteiger partial charge in [-0.1, -0.05) is 28.4 Å². The molecule has 0 spiro atoms. The van der Waals surface area contributed by atoms with Gasteiger partial charge in [-0.2, -0.15) is 0 Å². The molecule has 5 nitrogen and oxygen atoms in total. The molecule has 1 amide bonds. The number of halogens is 1. The molecule has 0 aliphatic rings. The number of nitrogens with zero attached hydrogens (tertiary/aromatic N) is 1. The largest absolute Gasteiger partial charge is 0.352 e. The second-order valence-electron chi connectivity index (χ2n) is 3.81. The van der Waals surface area contributed by atoms with Crippen LogP contribution in [-0.2, 0) is 0 Å². The summed E-state index contributed by atoms with van der Waals surface area (Å²) in [6.45, 7) is 0.592. The van der Waals surface area contributed by atoms with Crippen molar-refractivity contribution in [2.24, 2.45) is 0 Å². The molecule has 0 bridgehead atoms. The molecule has 0 aliphatic heterocycles. The normalized spacial score (nSPS) is 10.1. The molecule has 0 heterocycles. The Hall–Kier alpha value is -1.43. The van der Waals surface area contributed by atoms with Crippen LogP contribution >= 0.6 is 15.9 Å². The molecule has 1 N–H and O–H groups in total. The lowest BCUT2D eigenvalue weighted by molar-refractivity contribution is -0.384. The van der Waals surface area contributed by atoms with Crippen LogP contribution in [0.15, 0.2) is 24.3 Å². The van der Waals surface area contributed by atoms with Crippen molar-refractivity contribution in [1.82, 2.24) is 5.32 Å². The monoisotopic (exact) mass is 314 g/mol. The summed E-state index contributed by atoms with van der Waals surface area (Å²) >= 11 is 3.34. The Morgan fingerprint density at radius 1 is 1.33 bits per heavy atom. The summed E-state index contributed by atoms with van der Waals surface area (Å²) < 4.78 is 0. The van der Waals surface area contributed by atoms with Gasteiger partial charge in [0.25, 0.3) is 11.6 Å². The summed E-state index contributed by atoms with van der Waals surface area (Å²) in [7, 11) is 0. The molecular formula is C12H15BrN2O3. The number of nitro groups is 1. The summed E-state index contributed by atoms with van der Waals surface area (Å²) in [6.07, 6.45) is 3.03. The van der Waals surface area contributed by atoms with Gasteiger partial charge in [0.1, 0.15) is 0 Å². The van der Waals surface area contributed by atoms with Crippen molar-refractivity contribution < 1.29 is 9.72 Å². The van der Waals surface area contributed by atoms with Gasteiger partial charge in [0.2, 0.25) is 0 Å². The van der Waals surface area contributed by atoms with Crippen molar-refractivity contribution in [3.05, 3.63) is 39.9 Å². The number of non-ortho nitro benzene ring substituents is 1. The summed E-state index contributed by atoms with van der Waals surface area (Å²) in [5.74, 6) is -0.266. The van der Waals surface area contributed by atoms with Gasteiger partial charge >= 0.3 is 0 Å². The van der Waals surface area contributed by atoms with Gasteiger partial charge in [0.05, 0.1) is 4.92 Å². The Labute approximate surface area is 114 Å². The number of hydrogen-bond acceptors (Lipinski definition) is 3. The fourth-order valence-electron chi connectivity index (χ4n) is 1.46. The minimum atomic E-state index is -0.507. The molecule has 1 aromatic rings. The average Bonchev–Trinajstić information content (AvgIpc) is 2.38. The molecule has 0 atom stereocenters. The highest BCUT2D eigenvalue weighted by Gasteiger charge is 2.10. The summed E-state index contributed by atoms with van der Waals surface area (Å²) in [5.41, 5.74) is 0.256. The molecule has 0 fully saturated rings. The Morgan fingerprint density at radius 3 is 2.78 bits per heavy atom. The van der Waals surface area contributed by atoms with E-state index in [1.807, 2.05) is 0 Å². The average molecular weight is 315 g/mol. The van der Waals surface area contributed by atoms with E-state index in [-0.39, 0.29) is 11.6 Å². The molecule has 0 aliphatic carbocycles. The van der Waals surface area contributed by atoms with E-state index in [0.717, 1.165) is 24.6 Å². The smallest absolute Gasteiger partial charge is 0.270 e. The Morgan fingerprint density at radius 2 is 2.11 bits per heavy atom. The van der Waals surface area contributed by atoms with Crippen LogP contribution in [0.2, 0.25) is 0 Å². The van der Waals surface area contributed by atoms with Gasteiger partial charge in [-0.3, -0.25) is 14.9 Å². The molecule has 6 heteroatoms. The molecule has 0 radical (unpaired) electrons. The van der Waals surface area contributed by atoms with Crippen LogP contribution in [0.25, 0.3) is 0 Å². The second kappa shape index (κ2) is 7.81. The first kappa shape index (κ1) is 14.6. The maximum atomic E-state index is 11.7. The van der Waals surface area contributed by atoms with Gasteiger partial charge in [-0.25, -0.2) is 0 Å². The van der Waals surface area contributed by atoms with E-state index >= 15 is 0 Å². The molecule has 0 saturated carbocycles. The van der Waals surface area contributed by atoms with Crippen LogP contribution in [0.3, 0.4) is 0 Å². The lowest BCUT2D eigenvalue weighted by atomic mass is 10.2. The van der Waals surface area contributed by atoms with Crippen LogP contribution < -0.4 is 5.32 Å². The Kier molecular flexibility index (Phi) is 6.35. The second-order valence-corrected chi connectivity index (χ2v) is 4.61. The maximum Gasteiger partial charge on any atom is 0.270 e. The first-order chi connectivity index (χ1) is 8.65.